The second-order valence-electron chi connectivity index (χ2n) is 5.20. The number of fused-ring (bicyclic) bond motifs is 1. The Morgan fingerprint density at radius 2 is 2.29 bits per heavy atom. The van der Waals surface area contributed by atoms with Gasteiger partial charge in [0.2, 0.25) is 0 Å². The molecule has 3 rings (SSSR count). The molecule has 1 aromatic rings. The summed E-state index contributed by atoms with van der Waals surface area (Å²) in [6.45, 7) is 1.78. The van der Waals surface area contributed by atoms with E-state index in [1.165, 1.54) is 11.1 Å². The highest BCUT2D eigenvalue weighted by atomic mass is 16.5. The van der Waals surface area contributed by atoms with Crippen molar-refractivity contribution in [2.75, 3.05) is 19.8 Å². The van der Waals surface area contributed by atoms with Crippen LogP contribution in [-0.2, 0) is 11.2 Å². The van der Waals surface area contributed by atoms with Gasteiger partial charge >= 0.3 is 0 Å². The molecule has 0 spiro atoms. The minimum absolute atomic E-state index is 0.399. The van der Waals surface area contributed by atoms with Crippen LogP contribution in [0.25, 0.3) is 0 Å². The average Bonchev–Trinajstić information content (AvgIpc) is 2.94. The van der Waals surface area contributed by atoms with Gasteiger partial charge in [-0.05, 0) is 24.0 Å². The van der Waals surface area contributed by atoms with E-state index in [0.717, 1.165) is 19.3 Å². The second-order valence-corrected chi connectivity index (χ2v) is 5.20. The van der Waals surface area contributed by atoms with E-state index in [0.29, 0.717) is 25.8 Å². The van der Waals surface area contributed by atoms with Gasteiger partial charge in [-0.3, -0.25) is 0 Å². The second kappa shape index (κ2) is 4.41. The summed E-state index contributed by atoms with van der Waals surface area (Å²) in [6.07, 6.45) is 3.02. The molecule has 0 radical (unpaired) electrons. The normalized spacial score (nSPS) is 31.7. The lowest BCUT2D eigenvalue weighted by atomic mass is 10.0. The average molecular weight is 233 g/mol. The topological polar surface area (TPSA) is 41.5 Å². The SMILES string of the molecule is OC1(CNC2CCc3ccccc32)CCOC1. The first-order valence-electron chi connectivity index (χ1n) is 6.38. The Labute approximate surface area is 102 Å². The van der Waals surface area contributed by atoms with Crippen molar-refractivity contribution in [1.82, 2.24) is 5.32 Å². The number of hydrogen-bond acceptors (Lipinski definition) is 3. The van der Waals surface area contributed by atoms with Gasteiger partial charge in [0, 0.05) is 25.6 Å². The Balaban J connectivity index is 1.64. The van der Waals surface area contributed by atoms with Crippen LogP contribution < -0.4 is 5.32 Å². The van der Waals surface area contributed by atoms with Crippen LogP contribution in [0, 0.1) is 0 Å². The van der Waals surface area contributed by atoms with Crippen molar-refractivity contribution in [1.29, 1.82) is 0 Å². The molecule has 2 atom stereocenters. The Morgan fingerprint density at radius 1 is 1.41 bits per heavy atom. The van der Waals surface area contributed by atoms with Crippen molar-refractivity contribution in [3.63, 3.8) is 0 Å². The fourth-order valence-electron chi connectivity index (χ4n) is 2.82. The molecule has 1 aliphatic heterocycles. The largest absolute Gasteiger partial charge is 0.386 e. The smallest absolute Gasteiger partial charge is 0.103 e. The van der Waals surface area contributed by atoms with Gasteiger partial charge in [-0.2, -0.15) is 0 Å². The third-order valence-electron chi connectivity index (χ3n) is 3.89. The van der Waals surface area contributed by atoms with Crippen LogP contribution in [0.1, 0.15) is 30.0 Å². The number of rotatable bonds is 3. The van der Waals surface area contributed by atoms with E-state index in [2.05, 4.69) is 29.6 Å². The Morgan fingerprint density at radius 3 is 3.12 bits per heavy atom. The van der Waals surface area contributed by atoms with Crippen molar-refractivity contribution < 1.29 is 9.84 Å². The van der Waals surface area contributed by atoms with Crippen molar-refractivity contribution in [3.05, 3.63) is 35.4 Å². The molecule has 1 heterocycles. The first-order chi connectivity index (χ1) is 8.27. The monoisotopic (exact) mass is 233 g/mol. The molecule has 2 aliphatic rings. The zero-order valence-corrected chi connectivity index (χ0v) is 9.98. The fraction of sp³-hybridized carbons (Fsp3) is 0.571. The highest BCUT2D eigenvalue weighted by Gasteiger charge is 2.33. The molecule has 0 saturated carbocycles. The van der Waals surface area contributed by atoms with Gasteiger partial charge in [0.05, 0.1) is 6.61 Å². The fourth-order valence-corrected chi connectivity index (χ4v) is 2.82. The first kappa shape index (κ1) is 11.2. The van der Waals surface area contributed by atoms with E-state index in [-0.39, 0.29) is 0 Å². The van der Waals surface area contributed by atoms with Crippen LogP contribution in [0.5, 0.6) is 0 Å². The highest BCUT2D eigenvalue weighted by molar-refractivity contribution is 5.34. The molecule has 0 amide bonds. The van der Waals surface area contributed by atoms with Crippen molar-refractivity contribution in [2.45, 2.75) is 30.9 Å². The summed E-state index contributed by atoms with van der Waals surface area (Å²) in [6, 6.07) is 8.97. The summed E-state index contributed by atoms with van der Waals surface area (Å²) in [5, 5.41) is 13.7. The van der Waals surface area contributed by atoms with E-state index >= 15 is 0 Å². The van der Waals surface area contributed by atoms with Crippen LogP contribution in [0.3, 0.4) is 0 Å². The van der Waals surface area contributed by atoms with Gasteiger partial charge in [-0.15, -0.1) is 0 Å². The third-order valence-corrected chi connectivity index (χ3v) is 3.89. The lowest BCUT2D eigenvalue weighted by Gasteiger charge is -2.24. The molecule has 3 heteroatoms. The van der Waals surface area contributed by atoms with E-state index in [4.69, 9.17) is 4.74 Å². The number of hydrogen-bond donors (Lipinski definition) is 2. The molecule has 2 N–H and O–H groups in total. The molecule has 1 fully saturated rings. The summed E-state index contributed by atoms with van der Waals surface area (Å²) >= 11 is 0. The molecule has 2 unspecified atom stereocenters. The molecule has 1 saturated heterocycles. The summed E-state index contributed by atoms with van der Waals surface area (Å²) in [7, 11) is 0. The van der Waals surface area contributed by atoms with Crippen LogP contribution in [0.15, 0.2) is 24.3 Å². The quantitative estimate of drug-likeness (QED) is 0.829. The van der Waals surface area contributed by atoms with Crippen molar-refractivity contribution >= 4 is 0 Å². The number of ether oxygens (including phenoxy) is 1. The van der Waals surface area contributed by atoms with Gasteiger partial charge in [-0.1, -0.05) is 24.3 Å². The maximum Gasteiger partial charge on any atom is 0.103 e. The molecular weight excluding hydrogens is 214 g/mol. The predicted octanol–water partition coefficient (Wildman–Crippen LogP) is 1.41. The first-order valence-corrected chi connectivity index (χ1v) is 6.38. The van der Waals surface area contributed by atoms with Gasteiger partial charge in [0.15, 0.2) is 0 Å². The van der Waals surface area contributed by atoms with Crippen LogP contribution in [0.2, 0.25) is 0 Å². The summed E-state index contributed by atoms with van der Waals surface area (Å²) in [5.74, 6) is 0. The maximum absolute atomic E-state index is 10.2. The molecule has 0 aromatic heterocycles. The molecule has 1 aromatic carbocycles. The molecular formula is C14H19NO2. The number of aryl methyl sites for hydroxylation is 1. The summed E-state index contributed by atoms with van der Waals surface area (Å²) in [4.78, 5) is 0. The molecule has 1 aliphatic carbocycles. The zero-order valence-electron chi connectivity index (χ0n) is 9.98. The molecule has 17 heavy (non-hydrogen) atoms. The minimum Gasteiger partial charge on any atom is -0.386 e. The Bertz CT molecular complexity index is 399. The number of aliphatic hydroxyl groups is 1. The third kappa shape index (κ3) is 2.23. The van der Waals surface area contributed by atoms with E-state index in [1.54, 1.807) is 0 Å². The standard InChI is InChI=1S/C14H19NO2/c16-14(7-8-17-10-14)9-15-13-6-5-11-3-1-2-4-12(11)13/h1-4,13,15-16H,5-10H2. The van der Waals surface area contributed by atoms with Gasteiger partial charge in [0.1, 0.15) is 5.60 Å². The maximum atomic E-state index is 10.2. The Kier molecular flexibility index (Phi) is 2.90. The van der Waals surface area contributed by atoms with E-state index < -0.39 is 5.60 Å². The molecule has 0 bridgehead atoms. The zero-order chi connectivity index (χ0) is 11.7. The summed E-state index contributed by atoms with van der Waals surface area (Å²) < 4.78 is 5.25. The van der Waals surface area contributed by atoms with Crippen molar-refractivity contribution in [2.24, 2.45) is 0 Å². The lowest BCUT2D eigenvalue weighted by Crippen LogP contribution is -2.42. The van der Waals surface area contributed by atoms with Crippen molar-refractivity contribution in [3.8, 4) is 0 Å². The van der Waals surface area contributed by atoms with Crippen LogP contribution >= 0.6 is 0 Å². The number of benzene rings is 1. The van der Waals surface area contributed by atoms with Gasteiger partial charge < -0.3 is 15.2 Å². The highest BCUT2D eigenvalue weighted by Crippen LogP contribution is 2.31. The van der Waals surface area contributed by atoms with Crippen LogP contribution in [-0.4, -0.2) is 30.5 Å². The molecule has 92 valence electrons. The Hall–Kier alpha value is -0.900. The predicted molar refractivity (Wildman–Crippen MR) is 65.9 cm³/mol. The van der Waals surface area contributed by atoms with E-state index in [1.807, 2.05) is 0 Å². The van der Waals surface area contributed by atoms with E-state index in [9.17, 15) is 5.11 Å². The van der Waals surface area contributed by atoms with Gasteiger partial charge in [0.25, 0.3) is 0 Å². The summed E-state index contributed by atoms with van der Waals surface area (Å²) in [5.41, 5.74) is 2.19. The lowest BCUT2D eigenvalue weighted by molar-refractivity contribution is 0.0248. The number of nitrogens with one attached hydrogen (secondary N) is 1. The van der Waals surface area contributed by atoms with Gasteiger partial charge in [-0.25, -0.2) is 0 Å². The van der Waals surface area contributed by atoms with Crippen LogP contribution in [0.4, 0.5) is 0 Å². The molecule has 3 nitrogen and oxygen atoms in total. The minimum atomic E-state index is -0.655.